The van der Waals surface area contributed by atoms with E-state index in [0.29, 0.717) is 34.5 Å². The van der Waals surface area contributed by atoms with E-state index in [1.54, 1.807) is 59.2 Å². The van der Waals surface area contributed by atoms with Crippen LogP contribution < -0.4 is 14.5 Å². The molecule has 0 N–H and O–H groups in total. The van der Waals surface area contributed by atoms with Gasteiger partial charge in [0, 0.05) is 86.8 Å². The number of fused-ring (bicyclic) bond motifs is 7. The molecule has 3 aromatic heterocycles. The number of para-hydroxylation sites is 4. The average Bonchev–Trinajstić information content (AvgIpc) is 1.53. The van der Waals surface area contributed by atoms with Crippen molar-refractivity contribution < 1.29 is 51.8 Å². The van der Waals surface area contributed by atoms with Gasteiger partial charge in [0.25, 0.3) is 0 Å². The molecule has 6 nitrogen and oxygen atoms in total. The number of ether oxygens (including phenoxy) is 1. The normalized spacial score (nSPS) is 16.9. The van der Waals surface area contributed by atoms with Crippen molar-refractivity contribution in [3.05, 3.63) is 222 Å². The first-order chi connectivity index (χ1) is 42.1. The molecule has 7 heteroatoms. The molecule has 0 fully saturated rings. The Hall–Kier alpha value is -7.40. The fourth-order valence-corrected chi connectivity index (χ4v) is 9.45. The van der Waals surface area contributed by atoms with Crippen molar-refractivity contribution in [3.63, 3.8) is 0 Å². The molecule has 0 bridgehead atoms. The van der Waals surface area contributed by atoms with E-state index in [9.17, 15) is 5.48 Å². The van der Waals surface area contributed by atoms with Crippen molar-refractivity contribution in [2.75, 3.05) is 9.80 Å². The van der Waals surface area contributed by atoms with E-state index in [2.05, 4.69) is 71.9 Å². The van der Waals surface area contributed by atoms with E-state index in [1.807, 2.05) is 22.5 Å². The van der Waals surface area contributed by atoms with Gasteiger partial charge in [0.1, 0.15) is 5.82 Å². The van der Waals surface area contributed by atoms with E-state index >= 15 is 0 Å². The molecule has 4 heterocycles. The summed E-state index contributed by atoms with van der Waals surface area (Å²) in [7, 11) is 0. The zero-order valence-electron chi connectivity index (χ0n) is 59.0. The molecule has 0 amide bonds. The summed E-state index contributed by atoms with van der Waals surface area (Å²) in [6.45, 7) is 9.51. The van der Waals surface area contributed by atoms with E-state index in [1.165, 1.54) is 16.7 Å². The molecule has 0 atom stereocenters. The first kappa shape index (κ1) is 29.8. The van der Waals surface area contributed by atoms with Crippen LogP contribution in [0.1, 0.15) is 95.4 Å². The minimum Gasteiger partial charge on any atom is -0.509 e. The molecule has 0 radical (unpaired) electrons. The van der Waals surface area contributed by atoms with Crippen LogP contribution in [0.5, 0.6) is 11.5 Å². The largest absolute Gasteiger partial charge is 0.509 e. The van der Waals surface area contributed by atoms with Crippen molar-refractivity contribution in [1.29, 1.82) is 0 Å². The molecule has 0 unspecified atom stereocenters. The van der Waals surface area contributed by atoms with E-state index in [0.717, 1.165) is 22.9 Å². The van der Waals surface area contributed by atoms with Crippen LogP contribution in [0, 0.1) is 32.5 Å². The summed E-state index contributed by atoms with van der Waals surface area (Å²) in [6.07, 6.45) is 1.12. The molecule has 360 valence electrons. The maximum Gasteiger partial charge on any atom is 0.135 e. The van der Waals surface area contributed by atoms with Crippen LogP contribution in [0.25, 0.3) is 66.2 Å². The Bertz CT molecular complexity index is 4750. The third-order valence-corrected chi connectivity index (χ3v) is 12.9. The van der Waals surface area contributed by atoms with Crippen molar-refractivity contribution in [1.82, 2.24) is 14.1 Å². The van der Waals surface area contributed by atoms with Gasteiger partial charge in [-0.3, -0.25) is 0 Å². The zero-order valence-corrected chi connectivity index (χ0v) is 42.3. The van der Waals surface area contributed by atoms with Gasteiger partial charge in [0.2, 0.25) is 0 Å². The zero-order chi connectivity index (χ0) is 65.1. The number of aryl methyl sites for hydroxylation is 2. The van der Waals surface area contributed by atoms with Gasteiger partial charge < -0.3 is 23.7 Å². The fraction of sp³-hybridized carbons (Fsp3) is 0.169. The van der Waals surface area contributed by atoms with Gasteiger partial charge in [-0.2, -0.15) is 12.7 Å². The second-order valence-electron chi connectivity index (χ2n) is 19.7. The third kappa shape index (κ3) is 8.16. The van der Waals surface area contributed by atoms with Crippen LogP contribution in [0.15, 0.2) is 176 Å². The number of anilines is 3. The van der Waals surface area contributed by atoms with Gasteiger partial charge >= 0.3 is 0 Å². The fourth-order valence-electron chi connectivity index (χ4n) is 9.45. The predicted molar refractivity (Wildman–Crippen MR) is 295 cm³/mol. The minimum absolute atomic E-state index is 0. The summed E-state index contributed by atoms with van der Waals surface area (Å²) >= 11 is 0. The number of hydrogen-bond donors (Lipinski definition) is 0. The average molecular weight is 1140 g/mol. The summed E-state index contributed by atoms with van der Waals surface area (Å²) < 4.78 is 178. The molecule has 72 heavy (non-hydrogen) atoms. The number of hydrogen-bond acceptors (Lipinski definition) is 4. The number of pyridine rings is 1. The standard InChI is InChI=1S/C65H56N5O.Pt/c1-42-20-18-31-58-63(42)67(40-44-33-46(64(3,4)5)35-47(34-44)65(6,7)8)41-68(58)48-23-19-24-49(36-48)71-50-37-59(69-55-28-15-12-25-51(55)52-26-13-16-29-56(52)69)62-53-27-14-17-30-57(53)70(60(62)38-50)61-32-43(2)54(39-66-61)45-21-10-9-11-22-45;/h9-35,37,39,41H,40H2,1-8H3;/q-3;/i1D3,2D3,9D,10D,11D,12D,13D,15D,16D,21D,22D,25D,26D,28D,29D;. The smallest absolute Gasteiger partial charge is 0.135 e. The van der Waals surface area contributed by atoms with Gasteiger partial charge in [-0.15, -0.1) is 36.0 Å². The molecule has 0 saturated carbocycles. The van der Waals surface area contributed by atoms with Crippen LogP contribution in [-0.4, -0.2) is 14.1 Å². The van der Waals surface area contributed by atoms with Crippen LogP contribution in [0.2, 0.25) is 0 Å². The summed E-state index contributed by atoms with van der Waals surface area (Å²) in [6, 6.07) is 24.8. The number of rotatable bonds is 8. The molecule has 0 saturated heterocycles. The Morgan fingerprint density at radius 3 is 2.01 bits per heavy atom. The topological polar surface area (TPSA) is 38.5 Å². The molecule has 0 aliphatic carbocycles. The monoisotopic (exact) mass is 1140 g/mol. The molecule has 8 aromatic carbocycles. The summed E-state index contributed by atoms with van der Waals surface area (Å²) in [5.41, 5.74) is 3.39. The van der Waals surface area contributed by atoms with E-state index in [4.69, 9.17) is 30.3 Å². The van der Waals surface area contributed by atoms with Gasteiger partial charge in [-0.1, -0.05) is 167 Å². The first-order valence-electron chi connectivity index (χ1n) is 32.6. The predicted octanol–water partition coefficient (Wildman–Crippen LogP) is 16.8. The summed E-state index contributed by atoms with van der Waals surface area (Å²) in [5, 5.41) is 0.291. The second kappa shape index (κ2) is 18.0. The van der Waals surface area contributed by atoms with Gasteiger partial charge in [0.15, 0.2) is 0 Å². The molecular weight excluding hydrogens is 1060 g/mol. The Morgan fingerprint density at radius 1 is 0.625 bits per heavy atom. The Morgan fingerprint density at radius 2 is 1.31 bits per heavy atom. The first-order valence-corrected chi connectivity index (χ1v) is 23.1. The van der Waals surface area contributed by atoms with Crippen molar-refractivity contribution in [2.45, 2.75) is 72.6 Å². The molecule has 0 spiro atoms. The molecule has 1 aliphatic rings. The van der Waals surface area contributed by atoms with E-state index < -0.39 is 103 Å². The van der Waals surface area contributed by atoms with Crippen molar-refractivity contribution in [2.24, 2.45) is 0 Å². The van der Waals surface area contributed by atoms with Crippen molar-refractivity contribution in [3.8, 4) is 34.1 Å². The van der Waals surface area contributed by atoms with Crippen molar-refractivity contribution >= 4 is 60.7 Å². The van der Waals surface area contributed by atoms with E-state index in [-0.39, 0.29) is 98.7 Å². The molecule has 11 aromatic rings. The van der Waals surface area contributed by atoms with Gasteiger partial charge in [0.05, 0.1) is 28.9 Å². The second-order valence-corrected chi connectivity index (χ2v) is 19.7. The Kier molecular flexibility index (Phi) is 7.46. The number of nitrogens with zero attached hydrogens (tertiary/aromatic N) is 5. The summed E-state index contributed by atoms with van der Waals surface area (Å²) in [4.78, 5) is 8.47. The third-order valence-electron chi connectivity index (χ3n) is 12.9. The number of benzene rings is 8. The van der Waals surface area contributed by atoms with Crippen LogP contribution in [0.3, 0.4) is 0 Å². The minimum atomic E-state index is -2.99. The maximum atomic E-state index is 9.49. The SMILES string of the molecule is [2H]c1c([2H])c([2H])c(-c2cnc(-n3c4[c-]c(Oc5[c-]c(N6[CH-]N(Cc7cc(C(C)(C)C)cc(C(C)(C)C)c7)c7c6cccc7C([2H])([2H])[2H])ccc5)cc(-n5c6c([2H])c([2H])c([2H])c([2H])c6c6c([2H])c([2H])c([2H])c([2H])c65)c4c4ccccc43)cc2C([2H])([2H])[2H])c([2H])c1[2H].[Pt]. The Labute approximate surface area is 464 Å². The molecule has 1 aliphatic heterocycles. The van der Waals surface area contributed by atoms with Crippen LogP contribution >= 0.6 is 0 Å². The Balaban J connectivity index is 0.00000850. The molecular formula is C65H56N5OPt-3. The van der Waals surface area contributed by atoms with Gasteiger partial charge in [-0.05, 0) is 99.3 Å². The van der Waals surface area contributed by atoms with Crippen LogP contribution in [0.4, 0.5) is 17.1 Å². The molecule has 12 rings (SSSR count). The van der Waals surface area contributed by atoms with Crippen LogP contribution in [-0.2, 0) is 38.4 Å². The van der Waals surface area contributed by atoms with Gasteiger partial charge in [-0.25, -0.2) is 4.98 Å². The quantitative estimate of drug-likeness (QED) is 0.142. The maximum absolute atomic E-state index is 9.49. The number of aromatic nitrogens is 3. The summed E-state index contributed by atoms with van der Waals surface area (Å²) in [5.74, 6) is -0.0723.